The summed E-state index contributed by atoms with van der Waals surface area (Å²) in [5.41, 5.74) is 1.38. The van der Waals surface area contributed by atoms with Crippen molar-refractivity contribution < 1.29 is 0 Å². The molecule has 0 aromatic heterocycles. The van der Waals surface area contributed by atoms with Crippen LogP contribution in [0.3, 0.4) is 0 Å². The minimum atomic E-state index is 0.807. The van der Waals surface area contributed by atoms with Crippen LogP contribution in [-0.2, 0) is 0 Å². The molecule has 1 saturated carbocycles. The van der Waals surface area contributed by atoms with Crippen LogP contribution in [0.15, 0.2) is 12.2 Å². The SMILES string of the molecule is C=C(C)C1CN(CC2CCCC2)C1. The molecule has 1 heterocycles. The number of nitrogens with zero attached hydrogens (tertiary/aromatic N) is 1. The monoisotopic (exact) mass is 179 g/mol. The average Bonchev–Trinajstić information content (AvgIpc) is 2.46. The summed E-state index contributed by atoms with van der Waals surface area (Å²) in [6.07, 6.45) is 5.91. The third-order valence-corrected chi connectivity index (χ3v) is 3.65. The lowest BCUT2D eigenvalue weighted by Crippen LogP contribution is -2.48. The van der Waals surface area contributed by atoms with Gasteiger partial charge in [-0.25, -0.2) is 0 Å². The van der Waals surface area contributed by atoms with E-state index in [9.17, 15) is 0 Å². The van der Waals surface area contributed by atoms with Crippen LogP contribution in [0.2, 0.25) is 0 Å². The first-order valence-electron chi connectivity index (χ1n) is 5.63. The zero-order valence-electron chi connectivity index (χ0n) is 8.76. The summed E-state index contributed by atoms with van der Waals surface area (Å²) in [7, 11) is 0. The third kappa shape index (κ3) is 2.14. The Kier molecular flexibility index (Phi) is 2.73. The fourth-order valence-corrected chi connectivity index (χ4v) is 2.59. The van der Waals surface area contributed by atoms with E-state index in [1.165, 1.54) is 50.9 Å². The Morgan fingerprint density at radius 1 is 1.31 bits per heavy atom. The zero-order chi connectivity index (χ0) is 9.26. The molecule has 1 saturated heterocycles. The second kappa shape index (κ2) is 3.83. The summed E-state index contributed by atoms with van der Waals surface area (Å²) in [6.45, 7) is 10.1. The molecule has 1 aliphatic carbocycles. The number of hydrogen-bond donors (Lipinski definition) is 0. The lowest BCUT2D eigenvalue weighted by Gasteiger charge is -2.41. The first-order valence-corrected chi connectivity index (χ1v) is 5.63. The summed E-state index contributed by atoms with van der Waals surface area (Å²) >= 11 is 0. The molecular formula is C12H21N. The quantitative estimate of drug-likeness (QED) is 0.602. The molecule has 0 aromatic carbocycles. The average molecular weight is 179 g/mol. The molecule has 0 aromatic rings. The first-order chi connectivity index (χ1) is 6.25. The van der Waals surface area contributed by atoms with Crippen LogP contribution >= 0.6 is 0 Å². The molecule has 1 nitrogen and oxygen atoms in total. The molecule has 1 aliphatic heterocycles. The lowest BCUT2D eigenvalue weighted by molar-refractivity contribution is 0.103. The van der Waals surface area contributed by atoms with Crippen molar-refractivity contribution in [1.82, 2.24) is 4.90 Å². The van der Waals surface area contributed by atoms with Gasteiger partial charge < -0.3 is 4.90 Å². The lowest BCUT2D eigenvalue weighted by atomic mass is 9.92. The highest BCUT2D eigenvalue weighted by molar-refractivity contribution is 5.03. The minimum absolute atomic E-state index is 0.807. The fourth-order valence-electron chi connectivity index (χ4n) is 2.59. The smallest absolute Gasteiger partial charge is 0.00595 e. The van der Waals surface area contributed by atoms with Gasteiger partial charge in [0.1, 0.15) is 0 Å². The maximum Gasteiger partial charge on any atom is 0.00595 e. The maximum atomic E-state index is 4.02. The van der Waals surface area contributed by atoms with E-state index in [1.807, 2.05) is 0 Å². The van der Waals surface area contributed by atoms with Crippen LogP contribution in [0, 0.1) is 11.8 Å². The van der Waals surface area contributed by atoms with Gasteiger partial charge in [0.2, 0.25) is 0 Å². The van der Waals surface area contributed by atoms with E-state index in [2.05, 4.69) is 18.4 Å². The van der Waals surface area contributed by atoms with E-state index in [0.717, 1.165) is 11.8 Å². The molecule has 0 spiro atoms. The van der Waals surface area contributed by atoms with Crippen molar-refractivity contribution in [3.63, 3.8) is 0 Å². The molecule has 2 rings (SSSR count). The van der Waals surface area contributed by atoms with E-state index in [1.54, 1.807) is 0 Å². The van der Waals surface area contributed by atoms with Gasteiger partial charge in [-0.1, -0.05) is 25.0 Å². The van der Waals surface area contributed by atoms with Crippen molar-refractivity contribution in [3.05, 3.63) is 12.2 Å². The Hall–Kier alpha value is -0.300. The van der Waals surface area contributed by atoms with Crippen LogP contribution < -0.4 is 0 Å². The Morgan fingerprint density at radius 3 is 2.46 bits per heavy atom. The second-order valence-electron chi connectivity index (χ2n) is 4.91. The molecule has 74 valence electrons. The Bertz CT molecular complexity index is 185. The molecule has 13 heavy (non-hydrogen) atoms. The molecule has 0 bridgehead atoms. The van der Waals surface area contributed by atoms with Gasteiger partial charge in [0, 0.05) is 25.6 Å². The van der Waals surface area contributed by atoms with Crippen LogP contribution in [-0.4, -0.2) is 24.5 Å². The van der Waals surface area contributed by atoms with E-state index in [4.69, 9.17) is 0 Å². The van der Waals surface area contributed by atoms with Gasteiger partial charge >= 0.3 is 0 Å². The highest BCUT2D eigenvalue weighted by atomic mass is 15.2. The van der Waals surface area contributed by atoms with Crippen LogP contribution in [0.25, 0.3) is 0 Å². The number of likely N-dealkylation sites (tertiary alicyclic amines) is 1. The molecule has 0 N–H and O–H groups in total. The zero-order valence-corrected chi connectivity index (χ0v) is 8.76. The molecule has 1 heteroatoms. The summed E-state index contributed by atoms with van der Waals surface area (Å²) in [6, 6.07) is 0. The largest absolute Gasteiger partial charge is 0.302 e. The summed E-state index contributed by atoms with van der Waals surface area (Å²) < 4.78 is 0. The highest BCUT2D eigenvalue weighted by Gasteiger charge is 2.29. The van der Waals surface area contributed by atoms with E-state index >= 15 is 0 Å². The minimum Gasteiger partial charge on any atom is -0.302 e. The standard InChI is InChI=1S/C12H21N/c1-10(2)12-8-13(9-12)7-11-5-3-4-6-11/h11-12H,1,3-9H2,2H3. The van der Waals surface area contributed by atoms with Gasteiger partial charge in [0.25, 0.3) is 0 Å². The van der Waals surface area contributed by atoms with Gasteiger partial charge in [-0.15, -0.1) is 0 Å². The molecule has 0 amide bonds. The van der Waals surface area contributed by atoms with Crippen molar-refractivity contribution in [1.29, 1.82) is 0 Å². The van der Waals surface area contributed by atoms with Gasteiger partial charge in [-0.2, -0.15) is 0 Å². The molecule has 2 fully saturated rings. The van der Waals surface area contributed by atoms with E-state index in [-0.39, 0.29) is 0 Å². The number of rotatable bonds is 3. The van der Waals surface area contributed by atoms with Gasteiger partial charge in [0.15, 0.2) is 0 Å². The van der Waals surface area contributed by atoms with Crippen LogP contribution in [0.1, 0.15) is 32.6 Å². The molecular weight excluding hydrogens is 158 g/mol. The van der Waals surface area contributed by atoms with E-state index < -0.39 is 0 Å². The van der Waals surface area contributed by atoms with Crippen molar-refractivity contribution in [2.24, 2.45) is 11.8 Å². The normalized spacial score (nSPS) is 26.2. The van der Waals surface area contributed by atoms with Crippen molar-refractivity contribution >= 4 is 0 Å². The third-order valence-electron chi connectivity index (χ3n) is 3.65. The van der Waals surface area contributed by atoms with Crippen molar-refractivity contribution in [2.45, 2.75) is 32.6 Å². The van der Waals surface area contributed by atoms with E-state index in [0.29, 0.717) is 0 Å². The first kappa shape index (κ1) is 9.26. The predicted octanol–water partition coefficient (Wildman–Crippen LogP) is 2.68. The van der Waals surface area contributed by atoms with Crippen molar-refractivity contribution in [3.8, 4) is 0 Å². The van der Waals surface area contributed by atoms with Crippen molar-refractivity contribution in [2.75, 3.05) is 19.6 Å². The Balaban J connectivity index is 1.66. The van der Waals surface area contributed by atoms with Gasteiger partial charge in [-0.3, -0.25) is 0 Å². The van der Waals surface area contributed by atoms with Gasteiger partial charge in [-0.05, 0) is 25.7 Å². The van der Waals surface area contributed by atoms with Crippen LogP contribution in [0.4, 0.5) is 0 Å². The van der Waals surface area contributed by atoms with Gasteiger partial charge in [0.05, 0.1) is 0 Å². The van der Waals surface area contributed by atoms with Crippen LogP contribution in [0.5, 0.6) is 0 Å². The Morgan fingerprint density at radius 2 is 1.92 bits per heavy atom. The highest BCUT2D eigenvalue weighted by Crippen LogP contribution is 2.29. The summed E-state index contributed by atoms with van der Waals surface area (Å²) in [5.74, 6) is 1.83. The molecule has 0 atom stereocenters. The fraction of sp³-hybridized carbons (Fsp3) is 0.833. The topological polar surface area (TPSA) is 3.24 Å². The molecule has 0 radical (unpaired) electrons. The molecule has 0 unspecified atom stereocenters. The summed E-state index contributed by atoms with van der Waals surface area (Å²) in [5, 5.41) is 0. The maximum absolute atomic E-state index is 4.02. The number of hydrogen-bond acceptors (Lipinski definition) is 1. The second-order valence-corrected chi connectivity index (χ2v) is 4.91. The Labute approximate surface area is 81.8 Å². The predicted molar refractivity (Wildman–Crippen MR) is 56.7 cm³/mol. The summed E-state index contributed by atoms with van der Waals surface area (Å²) in [4.78, 5) is 2.61. The molecule has 2 aliphatic rings.